The van der Waals surface area contributed by atoms with E-state index in [4.69, 9.17) is 14.5 Å². The number of hydrogen-bond acceptors (Lipinski definition) is 7. The van der Waals surface area contributed by atoms with E-state index in [2.05, 4.69) is 5.32 Å². The highest BCUT2D eigenvalue weighted by Crippen LogP contribution is 2.37. The lowest BCUT2D eigenvalue weighted by atomic mass is 9.91. The molecule has 0 spiro atoms. The third kappa shape index (κ3) is 3.37. The number of ether oxygens (including phenoxy) is 2. The number of carbonyl (C=O) groups is 2. The average molecular weight is 453 g/mol. The van der Waals surface area contributed by atoms with Gasteiger partial charge in [0.25, 0.3) is 5.91 Å². The van der Waals surface area contributed by atoms with Crippen LogP contribution in [-0.4, -0.2) is 53.7 Å². The molecule has 2 aliphatic heterocycles. The number of para-hydroxylation sites is 1. The fourth-order valence-corrected chi connectivity index (χ4v) is 5.06. The van der Waals surface area contributed by atoms with E-state index in [0.29, 0.717) is 30.3 Å². The number of fused-ring (bicyclic) bond motifs is 2. The van der Waals surface area contributed by atoms with Crippen LogP contribution < -0.4 is 14.8 Å². The summed E-state index contributed by atoms with van der Waals surface area (Å²) >= 11 is 1.62. The largest absolute Gasteiger partial charge is 0.486 e. The minimum absolute atomic E-state index is 0.0610. The summed E-state index contributed by atoms with van der Waals surface area (Å²) < 4.78 is 12.3. The van der Waals surface area contributed by atoms with Crippen molar-refractivity contribution in [2.75, 3.05) is 26.9 Å². The average Bonchev–Trinajstić information content (AvgIpc) is 3.33. The molecule has 0 aliphatic carbocycles. The van der Waals surface area contributed by atoms with Crippen LogP contribution >= 0.6 is 11.3 Å². The Hall–Kier alpha value is -3.17. The van der Waals surface area contributed by atoms with E-state index in [1.807, 2.05) is 43.1 Å². The van der Waals surface area contributed by atoms with Gasteiger partial charge in [-0.05, 0) is 50.7 Å². The van der Waals surface area contributed by atoms with Crippen LogP contribution in [0, 0.1) is 0 Å². The third-order valence-corrected chi connectivity index (χ3v) is 7.29. The number of aromatic nitrogens is 1. The van der Waals surface area contributed by atoms with Crippen LogP contribution in [-0.2, 0) is 10.3 Å². The predicted octanol–water partition coefficient (Wildman–Crippen LogP) is 3.49. The van der Waals surface area contributed by atoms with Crippen molar-refractivity contribution in [2.24, 2.45) is 0 Å². The van der Waals surface area contributed by atoms with Gasteiger partial charge in [0, 0.05) is 0 Å². The van der Waals surface area contributed by atoms with Crippen molar-refractivity contribution < 1.29 is 19.1 Å². The molecule has 0 radical (unpaired) electrons. The molecule has 0 unspecified atom stereocenters. The first-order valence-electron chi connectivity index (χ1n) is 10.5. The maximum absolute atomic E-state index is 13.4. The van der Waals surface area contributed by atoms with Crippen molar-refractivity contribution >= 4 is 33.5 Å². The number of rotatable bonds is 5. The van der Waals surface area contributed by atoms with Gasteiger partial charge in [-0.25, -0.2) is 14.7 Å². The molecule has 3 aromatic rings. The number of thiazole rings is 1. The van der Waals surface area contributed by atoms with Crippen molar-refractivity contribution in [3.05, 3.63) is 53.0 Å². The van der Waals surface area contributed by atoms with Crippen molar-refractivity contribution in [3.63, 3.8) is 0 Å². The van der Waals surface area contributed by atoms with Crippen LogP contribution in [0.3, 0.4) is 0 Å². The van der Waals surface area contributed by atoms with Crippen molar-refractivity contribution in [1.29, 1.82) is 0 Å². The first-order chi connectivity index (χ1) is 15.4. The lowest BCUT2D eigenvalue weighted by Crippen LogP contribution is -2.43. The summed E-state index contributed by atoms with van der Waals surface area (Å²) in [6.45, 7) is 4.84. The number of urea groups is 1. The summed E-state index contributed by atoms with van der Waals surface area (Å²) in [7, 11) is 1.89. The zero-order valence-electron chi connectivity index (χ0n) is 18.1. The fraction of sp³-hybridized carbons (Fsp3) is 0.348. The molecule has 2 atom stereocenters. The normalized spacial score (nSPS) is 21.3. The van der Waals surface area contributed by atoms with Gasteiger partial charge < -0.3 is 14.8 Å². The summed E-state index contributed by atoms with van der Waals surface area (Å²) in [6, 6.07) is 12.8. The Kier molecular flexibility index (Phi) is 5.02. The van der Waals surface area contributed by atoms with Crippen molar-refractivity contribution in [2.45, 2.75) is 25.4 Å². The highest BCUT2D eigenvalue weighted by atomic mass is 32.1. The molecule has 3 heterocycles. The Bertz CT molecular complexity index is 1180. The highest BCUT2D eigenvalue weighted by molar-refractivity contribution is 7.18. The van der Waals surface area contributed by atoms with Crippen LogP contribution in [0.5, 0.6) is 11.5 Å². The third-order valence-electron chi connectivity index (χ3n) is 6.09. The maximum atomic E-state index is 13.4. The zero-order valence-corrected chi connectivity index (χ0v) is 18.9. The standard InChI is InChI=1S/C23H24N4O4S/c1-14(20-24-16-6-4-5-7-19(16)32-20)26(3)13-27-21(28)23(2,25-22(27)29)15-8-9-17-18(12-15)31-11-10-30-17/h4-9,12,14H,10-11,13H2,1-3H3,(H,25,29)/t14-,23-/m1/s1. The van der Waals surface area contributed by atoms with Crippen LogP contribution in [0.4, 0.5) is 4.79 Å². The second-order valence-electron chi connectivity index (χ2n) is 8.24. The van der Waals surface area contributed by atoms with E-state index < -0.39 is 11.6 Å². The highest BCUT2D eigenvalue weighted by Gasteiger charge is 2.49. The summed E-state index contributed by atoms with van der Waals surface area (Å²) in [6.07, 6.45) is 0. The molecule has 32 heavy (non-hydrogen) atoms. The van der Waals surface area contributed by atoms with Gasteiger partial charge in [-0.3, -0.25) is 9.69 Å². The first-order valence-corrected chi connectivity index (χ1v) is 11.3. The number of nitrogens with one attached hydrogen (secondary N) is 1. The molecular weight excluding hydrogens is 428 g/mol. The predicted molar refractivity (Wildman–Crippen MR) is 121 cm³/mol. The molecule has 8 nitrogen and oxygen atoms in total. The second-order valence-corrected chi connectivity index (χ2v) is 9.30. The quantitative estimate of drug-likeness (QED) is 0.597. The summed E-state index contributed by atoms with van der Waals surface area (Å²) in [4.78, 5) is 34.1. The molecule has 2 aromatic carbocycles. The topological polar surface area (TPSA) is 84.0 Å². The lowest BCUT2D eigenvalue weighted by molar-refractivity contribution is -0.132. The smallest absolute Gasteiger partial charge is 0.326 e. The van der Waals surface area contributed by atoms with Gasteiger partial charge in [-0.1, -0.05) is 18.2 Å². The Balaban J connectivity index is 1.35. The van der Waals surface area contributed by atoms with Gasteiger partial charge in [0.05, 0.1) is 22.9 Å². The van der Waals surface area contributed by atoms with Gasteiger partial charge in [0.1, 0.15) is 23.8 Å². The summed E-state index contributed by atoms with van der Waals surface area (Å²) in [5.74, 6) is 0.918. The zero-order chi connectivity index (χ0) is 22.5. The van der Waals surface area contributed by atoms with E-state index in [1.54, 1.807) is 36.5 Å². The van der Waals surface area contributed by atoms with E-state index in [9.17, 15) is 9.59 Å². The minimum atomic E-state index is -1.17. The van der Waals surface area contributed by atoms with Gasteiger partial charge in [0.15, 0.2) is 11.5 Å². The van der Waals surface area contributed by atoms with Crippen molar-refractivity contribution in [3.8, 4) is 11.5 Å². The molecule has 1 saturated heterocycles. The van der Waals surface area contributed by atoms with Crippen LogP contribution in [0.2, 0.25) is 0 Å². The Morgan fingerprint density at radius 1 is 1.19 bits per heavy atom. The van der Waals surface area contributed by atoms with Gasteiger partial charge in [-0.2, -0.15) is 0 Å². The molecule has 0 bridgehead atoms. The number of benzene rings is 2. The second kappa shape index (κ2) is 7.75. The molecule has 1 fully saturated rings. The SMILES string of the molecule is C[C@H](c1nc2ccccc2s1)N(C)CN1C(=O)N[C@](C)(c2ccc3c(c2)OCCO3)C1=O. The van der Waals surface area contributed by atoms with E-state index >= 15 is 0 Å². The van der Waals surface area contributed by atoms with E-state index in [1.165, 1.54) is 4.90 Å². The molecule has 166 valence electrons. The van der Waals surface area contributed by atoms with Crippen LogP contribution in [0.25, 0.3) is 10.2 Å². The Labute approximate surface area is 189 Å². The molecule has 0 saturated carbocycles. The lowest BCUT2D eigenvalue weighted by Gasteiger charge is -2.28. The number of hydrogen-bond donors (Lipinski definition) is 1. The molecule has 9 heteroatoms. The molecular formula is C23H24N4O4S. The van der Waals surface area contributed by atoms with E-state index in [-0.39, 0.29) is 18.6 Å². The Morgan fingerprint density at radius 2 is 1.94 bits per heavy atom. The fourth-order valence-electron chi connectivity index (χ4n) is 3.98. The monoisotopic (exact) mass is 452 g/mol. The Morgan fingerprint density at radius 3 is 2.72 bits per heavy atom. The van der Waals surface area contributed by atoms with Crippen LogP contribution in [0.15, 0.2) is 42.5 Å². The van der Waals surface area contributed by atoms with Crippen molar-refractivity contribution in [1.82, 2.24) is 20.1 Å². The number of imide groups is 1. The molecule has 2 aliphatic rings. The number of carbonyl (C=O) groups excluding carboxylic acids is 2. The molecule has 1 aromatic heterocycles. The molecule has 1 N–H and O–H groups in total. The van der Waals surface area contributed by atoms with E-state index in [0.717, 1.165) is 15.2 Å². The molecule has 3 amide bonds. The summed E-state index contributed by atoms with van der Waals surface area (Å²) in [5.41, 5.74) is 0.436. The minimum Gasteiger partial charge on any atom is -0.486 e. The number of amides is 3. The van der Waals surface area contributed by atoms with Gasteiger partial charge >= 0.3 is 6.03 Å². The van der Waals surface area contributed by atoms with Gasteiger partial charge in [0.2, 0.25) is 0 Å². The summed E-state index contributed by atoms with van der Waals surface area (Å²) in [5, 5.41) is 3.80. The maximum Gasteiger partial charge on any atom is 0.326 e. The van der Waals surface area contributed by atoms with Gasteiger partial charge in [-0.15, -0.1) is 11.3 Å². The van der Waals surface area contributed by atoms with Crippen LogP contribution in [0.1, 0.15) is 30.5 Å². The first kappa shape index (κ1) is 20.7. The molecule has 5 rings (SSSR count). The number of nitrogens with zero attached hydrogens (tertiary/aromatic N) is 3.